The Morgan fingerprint density at radius 2 is 2.03 bits per heavy atom. The fraction of sp³-hybridized carbons (Fsp3) is 0.571. The molecule has 1 aromatic carbocycles. The molecular formula is C28H36Cl2N6O2. The number of carboxylic acids is 1. The van der Waals surface area contributed by atoms with Crippen molar-refractivity contribution in [2.24, 2.45) is 11.8 Å². The quantitative estimate of drug-likeness (QED) is 0.389. The first-order valence-corrected chi connectivity index (χ1v) is 14.3. The Morgan fingerprint density at radius 1 is 1.21 bits per heavy atom. The molecule has 38 heavy (non-hydrogen) atoms. The topological polar surface area (TPSA) is 87.4 Å². The molecule has 0 saturated carbocycles. The van der Waals surface area contributed by atoms with Crippen LogP contribution in [-0.2, 0) is 4.79 Å². The van der Waals surface area contributed by atoms with Crippen LogP contribution < -0.4 is 4.90 Å². The molecule has 5 rings (SSSR count). The van der Waals surface area contributed by atoms with Crippen LogP contribution in [0.25, 0.3) is 11.2 Å². The number of aryl methyl sites for hydroxylation is 1. The minimum atomic E-state index is -0.691. The molecule has 10 heteroatoms. The first-order chi connectivity index (χ1) is 18.2. The number of carboxylic acid groups (broad SMARTS) is 1. The van der Waals surface area contributed by atoms with Crippen molar-refractivity contribution in [1.29, 1.82) is 0 Å². The van der Waals surface area contributed by atoms with Crippen molar-refractivity contribution in [3.63, 3.8) is 0 Å². The number of halogens is 2. The molecule has 0 bridgehead atoms. The van der Waals surface area contributed by atoms with Crippen LogP contribution >= 0.6 is 23.2 Å². The maximum Gasteiger partial charge on any atom is 0.303 e. The molecule has 2 saturated heterocycles. The highest BCUT2D eigenvalue weighted by molar-refractivity contribution is 6.35. The zero-order valence-electron chi connectivity index (χ0n) is 22.3. The molecule has 8 nitrogen and oxygen atoms in total. The first-order valence-electron chi connectivity index (χ1n) is 13.6. The summed E-state index contributed by atoms with van der Waals surface area (Å²) >= 11 is 12.6. The number of rotatable bonds is 7. The van der Waals surface area contributed by atoms with Gasteiger partial charge in [0.15, 0.2) is 5.65 Å². The van der Waals surface area contributed by atoms with Crippen molar-refractivity contribution >= 4 is 46.2 Å². The number of hydrogen-bond donors (Lipinski definition) is 1. The van der Waals surface area contributed by atoms with E-state index < -0.39 is 5.97 Å². The van der Waals surface area contributed by atoms with E-state index in [2.05, 4.69) is 23.6 Å². The summed E-state index contributed by atoms with van der Waals surface area (Å²) in [6.07, 6.45) is 6.27. The van der Waals surface area contributed by atoms with Gasteiger partial charge in [-0.3, -0.25) is 9.69 Å². The van der Waals surface area contributed by atoms with Crippen molar-refractivity contribution in [2.75, 3.05) is 31.1 Å². The third kappa shape index (κ3) is 5.63. The first kappa shape index (κ1) is 27.2. The summed E-state index contributed by atoms with van der Waals surface area (Å²) in [4.78, 5) is 25.8. The molecule has 2 aliphatic rings. The van der Waals surface area contributed by atoms with Crippen molar-refractivity contribution in [2.45, 2.75) is 65.0 Å². The van der Waals surface area contributed by atoms with Crippen LogP contribution in [0.2, 0.25) is 10.0 Å². The average molecular weight is 560 g/mol. The molecule has 0 spiro atoms. The number of hydrogen-bond acceptors (Lipinski definition) is 6. The van der Waals surface area contributed by atoms with Gasteiger partial charge in [-0.15, -0.1) is 0 Å². The summed E-state index contributed by atoms with van der Waals surface area (Å²) in [5.41, 5.74) is 3.33. The maximum atomic E-state index is 11.0. The number of aromatic nitrogens is 4. The van der Waals surface area contributed by atoms with Crippen molar-refractivity contribution in [1.82, 2.24) is 24.6 Å². The minimum absolute atomic E-state index is 0.127. The Hall–Kier alpha value is -2.42. The molecule has 204 valence electrons. The van der Waals surface area contributed by atoms with Gasteiger partial charge < -0.3 is 10.0 Å². The Labute approximate surface area is 233 Å². The second-order valence-electron chi connectivity index (χ2n) is 11.0. The summed E-state index contributed by atoms with van der Waals surface area (Å²) in [5, 5.41) is 15.1. The van der Waals surface area contributed by atoms with Gasteiger partial charge in [-0.2, -0.15) is 5.10 Å². The third-order valence-corrected chi connectivity index (χ3v) is 8.87. The third-order valence-electron chi connectivity index (χ3n) is 8.31. The smallest absolute Gasteiger partial charge is 0.303 e. The summed E-state index contributed by atoms with van der Waals surface area (Å²) < 4.78 is 1.91. The van der Waals surface area contributed by atoms with E-state index in [1.807, 2.05) is 29.9 Å². The second-order valence-corrected chi connectivity index (χ2v) is 11.8. The van der Waals surface area contributed by atoms with E-state index in [9.17, 15) is 4.79 Å². The molecule has 2 unspecified atom stereocenters. The van der Waals surface area contributed by atoms with E-state index in [1.54, 1.807) is 6.07 Å². The predicted octanol–water partition coefficient (Wildman–Crippen LogP) is 5.84. The number of benzene rings is 1. The average Bonchev–Trinajstić information content (AvgIpc) is 3.23. The summed E-state index contributed by atoms with van der Waals surface area (Å²) in [6.45, 7) is 10.3. The standard InChI is InChI=1S/C28H36Cl2N6O2/c1-17-15-35(12-10-24(17)34-11-4-5-20(16-34)6-9-26(37)38)25-14-31-27-18(2)33-36(28(27)32-25)19(3)22-8-7-21(29)13-23(22)30/h7-8,13-14,17,19-20,24H,4-6,9-12,15-16H2,1-3H3,(H,37,38)/t17-,19?,20?,24+/m0/s1. The van der Waals surface area contributed by atoms with Gasteiger partial charge in [0.25, 0.3) is 0 Å². The van der Waals surface area contributed by atoms with Crippen molar-refractivity contribution in [3.05, 3.63) is 45.7 Å². The molecule has 0 amide bonds. The van der Waals surface area contributed by atoms with Crippen LogP contribution in [0.1, 0.15) is 63.3 Å². The number of nitrogens with zero attached hydrogens (tertiary/aromatic N) is 6. The molecule has 2 aromatic heterocycles. The zero-order valence-corrected chi connectivity index (χ0v) is 23.8. The number of likely N-dealkylation sites (tertiary alicyclic amines) is 1. The largest absolute Gasteiger partial charge is 0.481 e. The Balaban J connectivity index is 1.32. The van der Waals surface area contributed by atoms with Crippen molar-refractivity contribution < 1.29 is 9.90 Å². The molecule has 2 aliphatic heterocycles. The Morgan fingerprint density at radius 3 is 2.76 bits per heavy atom. The lowest BCUT2D eigenvalue weighted by molar-refractivity contribution is -0.137. The van der Waals surface area contributed by atoms with Crippen LogP contribution in [0.15, 0.2) is 24.4 Å². The van der Waals surface area contributed by atoms with Crippen LogP contribution in [-0.4, -0.2) is 67.9 Å². The van der Waals surface area contributed by atoms with E-state index in [0.717, 1.165) is 80.1 Å². The fourth-order valence-electron chi connectivity index (χ4n) is 6.28. The van der Waals surface area contributed by atoms with Crippen LogP contribution in [0.3, 0.4) is 0 Å². The molecule has 0 aliphatic carbocycles. The van der Waals surface area contributed by atoms with E-state index >= 15 is 0 Å². The molecule has 3 aromatic rings. The van der Waals surface area contributed by atoms with Gasteiger partial charge in [0.05, 0.1) is 17.9 Å². The van der Waals surface area contributed by atoms with Crippen LogP contribution in [0.4, 0.5) is 5.82 Å². The number of anilines is 1. The summed E-state index contributed by atoms with van der Waals surface area (Å²) in [6, 6.07) is 5.92. The molecule has 4 heterocycles. The van der Waals surface area contributed by atoms with Gasteiger partial charge in [0.1, 0.15) is 11.3 Å². The molecular weight excluding hydrogens is 523 g/mol. The van der Waals surface area contributed by atoms with E-state index in [4.69, 9.17) is 43.4 Å². The Bertz CT molecular complexity index is 1310. The SMILES string of the molecule is Cc1nn(C(C)c2ccc(Cl)cc2Cl)c2nc(N3CC[C@@H](N4CCCC(CCC(=O)O)C4)[C@@H](C)C3)cnc12. The van der Waals surface area contributed by atoms with Gasteiger partial charge in [0.2, 0.25) is 0 Å². The minimum Gasteiger partial charge on any atom is -0.481 e. The van der Waals surface area contributed by atoms with Crippen LogP contribution in [0, 0.1) is 18.8 Å². The van der Waals surface area contributed by atoms with Crippen LogP contribution in [0.5, 0.6) is 0 Å². The predicted molar refractivity (Wildman–Crippen MR) is 151 cm³/mol. The van der Waals surface area contributed by atoms with E-state index in [-0.39, 0.29) is 12.5 Å². The van der Waals surface area contributed by atoms with Gasteiger partial charge in [-0.1, -0.05) is 36.2 Å². The normalized spacial score (nSPS) is 23.6. The molecule has 2 fully saturated rings. The van der Waals surface area contributed by atoms with Gasteiger partial charge >= 0.3 is 5.97 Å². The zero-order chi connectivity index (χ0) is 27.0. The van der Waals surface area contributed by atoms with Gasteiger partial charge in [-0.05, 0) is 75.6 Å². The number of aliphatic carboxylic acids is 1. The van der Waals surface area contributed by atoms with E-state index in [1.165, 1.54) is 0 Å². The number of piperidine rings is 2. The number of carbonyl (C=O) groups is 1. The monoisotopic (exact) mass is 558 g/mol. The lowest BCUT2D eigenvalue weighted by Gasteiger charge is -2.46. The van der Waals surface area contributed by atoms with E-state index in [0.29, 0.717) is 27.9 Å². The summed E-state index contributed by atoms with van der Waals surface area (Å²) in [5.74, 6) is 1.14. The number of fused-ring (bicyclic) bond motifs is 1. The van der Waals surface area contributed by atoms with Gasteiger partial charge in [-0.25, -0.2) is 14.6 Å². The highest BCUT2D eigenvalue weighted by Gasteiger charge is 2.34. The lowest BCUT2D eigenvalue weighted by atomic mass is 9.87. The van der Waals surface area contributed by atoms with Crippen molar-refractivity contribution in [3.8, 4) is 0 Å². The van der Waals surface area contributed by atoms with Gasteiger partial charge in [0, 0.05) is 42.1 Å². The summed E-state index contributed by atoms with van der Waals surface area (Å²) in [7, 11) is 0. The highest BCUT2D eigenvalue weighted by atomic mass is 35.5. The fourth-order valence-corrected chi connectivity index (χ4v) is 6.85. The Kier molecular flexibility index (Phi) is 8.12. The second kappa shape index (κ2) is 11.4. The highest BCUT2D eigenvalue weighted by Crippen LogP contribution is 2.33. The maximum absolute atomic E-state index is 11.0. The molecule has 1 N–H and O–H groups in total. The molecule has 4 atom stereocenters. The lowest BCUT2D eigenvalue weighted by Crippen LogP contribution is -2.53. The molecule has 0 radical (unpaired) electrons.